The Labute approximate surface area is 82.8 Å². The molecule has 0 spiro atoms. The van der Waals surface area contributed by atoms with E-state index in [0.717, 1.165) is 12.0 Å². The van der Waals surface area contributed by atoms with Gasteiger partial charge in [-0.1, -0.05) is 0 Å². The summed E-state index contributed by atoms with van der Waals surface area (Å²) in [5, 5.41) is 4.01. The third-order valence-corrected chi connectivity index (χ3v) is 2.59. The van der Waals surface area contributed by atoms with Gasteiger partial charge < -0.3 is 5.73 Å². The number of ketones is 1. The van der Waals surface area contributed by atoms with Gasteiger partial charge in [-0.2, -0.15) is 11.3 Å². The summed E-state index contributed by atoms with van der Waals surface area (Å²) in [5.74, 6) is 0.288. The number of hydrogen-bond donors (Lipinski definition) is 1. The standard InChI is InChI=1S/C10H15NOS/c1-8(11)2-3-10(12)6-9-4-5-13-7-9/h4-5,7-8H,2-3,6,11H2,1H3. The number of Topliss-reactive ketones (excluding diaryl/α,β-unsaturated/α-hetero) is 1. The first-order valence-corrected chi connectivity index (χ1v) is 5.41. The monoisotopic (exact) mass is 197 g/mol. The number of hydrogen-bond acceptors (Lipinski definition) is 3. The van der Waals surface area contributed by atoms with E-state index in [1.165, 1.54) is 0 Å². The molecular weight excluding hydrogens is 182 g/mol. The number of thiophene rings is 1. The van der Waals surface area contributed by atoms with Crippen LogP contribution in [0.25, 0.3) is 0 Å². The summed E-state index contributed by atoms with van der Waals surface area (Å²) in [5.41, 5.74) is 6.69. The summed E-state index contributed by atoms with van der Waals surface area (Å²) in [4.78, 5) is 11.4. The highest BCUT2D eigenvalue weighted by Crippen LogP contribution is 2.08. The smallest absolute Gasteiger partial charge is 0.137 e. The van der Waals surface area contributed by atoms with Gasteiger partial charge in [-0.05, 0) is 35.7 Å². The lowest BCUT2D eigenvalue weighted by Crippen LogP contribution is -2.16. The van der Waals surface area contributed by atoms with E-state index in [1.54, 1.807) is 11.3 Å². The SMILES string of the molecule is CC(N)CCC(=O)Cc1ccsc1. The minimum Gasteiger partial charge on any atom is -0.328 e. The molecule has 0 bridgehead atoms. The van der Waals surface area contributed by atoms with Crippen molar-refractivity contribution in [3.63, 3.8) is 0 Å². The second-order valence-electron chi connectivity index (χ2n) is 3.36. The van der Waals surface area contributed by atoms with Crippen LogP contribution in [0.5, 0.6) is 0 Å². The maximum atomic E-state index is 11.4. The maximum absolute atomic E-state index is 11.4. The summed E-state index contributed by atoms with van der Waals surface area (Å²) >= 11 is 1.63. The quantitative estimate of drug-likeness (QED) is 0.784. The van der Waals surface area contributed by atoms with Crippen molar-refractivity contribution in [3.8, 4) is 0 Å². The van der Waals surface area contributed by atoms with Crippen molar-refractivity contribution in [1.29, 1.82) is 0 Å². The summed E-state index contributed by atoms with van der Waals surface area (Å²) < 4.78 is 0. The maximum Gasteiger partial charge on any atom is 0.137 e. The van der Waals surface area contributed by atoms with Crippen molar-refractivity contribution < 1.29 is 4.79 Å². The Morgan fingerprint density at radius 1 is 1.69 bits per heavy atom. The van der Waals surface area contributed by atoms with Gasteiger partial charge >= 0.3 is 0 Å². The van der Waals surface area contributed by atoms with Crippen molar-refractivity contribution in [2.45, 2.75) is 32.2 Å². The van der Waals surface area contributed by atoms with Gasteiger partial charge in [-0.15, -0.1) is 0 Å². The largest absolute Gasteiger partial charge is 0.328 e. The summed E-state index contributed by atoms with van der Waals surface area (Å²) in [6, 6.07) is 2.13. The van der Waals surface area contributed by atoms with Crippen molar-refractivity contribution in [2.75, 3.05) is 0 Å². The molecule has 3 heteroatoms. The van der Waals surface area contributed by atoms with Crippen molar-refractivity contribution in [3.05, 3.63) is 22.4 Å². The molecule has 0 amide bonds. The van der Waals surface area contributed by atoms with Crippen LogP contribution < -0.4 is 5.73 Å². The van der Waals surface area contributed by atoms with Crippen LogP contribution in [0, 0.1) is 0 Å². The van der Waals surface area contributed by atoms with Gasteiger partial charge in [-0.25, -0.2) is 0 Å². The van der Waals surface area contributed by atoms with E-state index in [9.17, 15) is 4.79 Å². The lowest BCUT2D eigenvalue weighted by Gasteiger charge is -2.02. The van der Waals surface area contributed by atoms with E-state index in [0.29, 0.717) is 12.8 Å². The molecule has 0 saturated heterocycles. The van der Waals surface area contributed by atoms with Crippen LogP contribution in [-0.2, 0) is 11.2 Å². The van der Waals surface area contributed by atoms with E-state index >= 15 is 0 Å². The molecule has 0 saturated carbocycles. The molecule has 1 heterocycles. The fraction of sp³-hybridized carbons (Fsp3) is 0.500. The average Bonchev–Trinajstić information content (AvgIpc) is 2.53. The van der Waals surface area contributed by atoms with Gasteiger partial charge in [0.15, 0.2) is 0 Å². The molecule has 2 N–H and O–H groups in total. The zero-order valence-corrected chi connectivity index (χ0v) is 8.64. The van der Waals surface area contributed by atoms with Crippen molar-refractivity contribution in [1.82, 2.24) is 0 Å². The molecule has 0 aliphatic rings. The zero-order chi connectivity index (χ0) is 9.68. The average molecular weight is 197 g/mol. The zero-order valence-electron chi connectivity index (χ0n) is 7.82. The van der Waals surface area contributed by atoms with Gasteiger partial charge in [-0.3, -0.25) is 4.79 Å². The Kier molecular flexibility index (Phi) is 4.12. The Morgan fingerprint density at radius 2 is 2.46 bits per heavy atom. The topological polar surface area (TPSA) is 43.1 Å². The highest BCUT2D eigenvalue weighted by molar-refractivity contribution is 7.07. The highest BCUT2D eigenvalue weighted by Gasteiger charge is 2.05. The van der Waals surface area contributed by atoms with Gasteiger partial charge in [0.25, 0.3) is 0 Å². The fourth-order valence-electron chi connectivity index (χ4n) is 1.10. The van der Waals surface area contributed by atoms with Gasteiger partial charge in [0, 0.05) is 18.9 Å². The molecule has 72 valence electrons. The number of carbonyl (C=O) groups excluding carboxylic acids is 1. The minimum absolute atomic E-state index is 0.131. The molecular formula is C10H15NOS. The van der Waals surface area contributed by atoms with Crippen molar-refractivity contribution >= 4 is 17.1 Å². The second-order valence-corrected chi connectivity index (χ2v) is 4.14. The van der Waals surface area contributed by atoms with Crippen LogP contribution in [0.1, 0.15) is 25.3 Å². The Morgan fingerprint density at radius 3 is 3.00 bits per heavy atom. The lowest BCUT2D eigenvalue weighted by atomic mass is 10.1. The Hall–Kier alpha value is -0.670. The molecule has 1 atom stereocenters. The molecule has 2 nitrogen and oxygen atoms in total. The van der Waals surface area contributed by atoms with E-state index < -0.39 is 0 Å². The van der Waals surface area contributed by atoms with Crippen LogP contribution in [0.15, 0.2) is 16.8 Å². The Bertz CT molecular complexity index is 254. The summed E-state index contributed by atoms with van der Waals surface area (Å²) in [6.07, 6.45) is 1.96. The predicted molar refractivity (Wildman–Crippen MR) is 55.9 cm³/mol. The normalized spacial score (nSPS) is 12.8. The first-order valence-electron chi connectivity index (χ1n) is 4.47. The molecule has 0 aliphatic heterocycles. The van der Waals surface area contributed by atoms with Crippen LogP contribution in [0.3, 0.4) is 0 Å². The van der Waals surface area contributed by atoms with E-state index in [2.05, 4.69) is 0 Å². The molecule has 1 unspecified atom stereocenters. The fourth-order valence-corrected chi connectivity index (χ4v) is 1.77. The van der Waals surface area contributed by atoms with Gasteiger partial charge in [0.2, 0.25) is 0 Å². The molecule has 13 heavy (non-hydrogen) atoms. The molecule has 0 fully saturated rings. The lowest BCUT2D eigenvalue weighted by molar-refractivity contribution is -0.118. The van der Waals surface area contributed by atoms with Crippen LogP contribution >= 0.6 is 11.3 Å². The van der Waals surface area contributed by atoms with Gasteiger partial charge in [0.05, 0.1) is 0 Å². The minimum atomic E-state index is 0.131. The predicted octanol–water partition coefficient (Wildman–Crippen LogP) is 1.99. The van der Waals surface area contributed by atoms with Crippen LogP contribution in [0.2, 0.25) is 0 Å². The number of rotatable bonds is 5. The molecule has 0 radical (unpaired) electrons. The second kappa shape index (κ2) is 5.14. The molecule has 0 aromatic carbocycles. The van der Waals surface area contributed by atoms with E-state index in [-0.39, 0.29) is 11.8 Å². The summed E-state index contributed by atoms with van der Waals surface area (Å²) in [6.45, 7) is 1.93. The van der Waals surface area contributed by atoms with Crippen molar-refractivity contribution in [2.24, 2.45) is 5.73 Å². The number of nitrogens with two attached hydrogens (primary N) is 1. The van der Waals surface area contributed by atoms with Crippen LogP contribution in [0.4, 0.5) is 0 Å². The molecule has 0 aliphatic carbocycles. The summed E-state index contributed by atoms with van der Waals surface area (Å²) in [7, 11) is 0. The first kappa shape index (κ1) is 10.4. The first-order chi connectivity index (χ1) is 6.18. The third-order valence-electron chi connectivity index (χ3n) is 1.86. The Balaban J connectivity index is 2.26. The highest BCUT2D eigenvalue weighted by atomic mass is 32.1. The third kappa shape index (κ3) is 4.20. The molecule has 1 aromatic rings. The number of carbonyl (C=O) groups is 1. The molecule has 1 aromatic heterocycles. The van der Waals surface area contributed by atoms with E-state index in [4.69, 9.17) is 5.73 Å². The molecule has 1 rings (SSSR count). The van der Waals surface area contributed by atoms with Crippen LogP contribution in [-0.4, -0.2) is 11.8 Å². The van der Waals surface area contributed by atoms with Gasteiger partial charge in [0.1, 0.15) is 5.78 Å². The van der Waals surface area contributed by atoms with E-state index in [1.807, 2.05) is 23.8 Å².